The first kappa shape index (κ1) is 24.2. The second-order valence-electron chi connectivity index (χ2n) is 7.72. The topological polar surface area (TPSA) is 53.6 Å². The Morgan fingerprint density at radius 2 is 1.55 bits per heavy atom. The van der Waals surface area contributed by atoms with E-state index >= 15 is 0 Å². The van der Waals surface area contributed by atoms with E-state index in [9.17, 15) is 31.1 Å². The van der Waals surface area contributed by atoms with Gasteiger partial charge in [0.2, 0.25) is 5.91 Å². The summed E-state index contributed by atoms with van der Waals surface area (Å²) in [5.41, 5.74) is -4.46. The van der Waals surface area contributed by atoms with Crippen LogP contribution in [-0.2, 0) is 9.53 Å². The number of morpholine rings is 1. The molecule has 2 N–H and O–H groups in total. The van der Waals surface area contributed by atoms with Crippen LogP contribution in [0, 0.1) is 5.92 Å². The number of alkyl halides is 6. The molecule has 1 aliphatic carbocycles. The number of carbonyl (C=O) groups excluding carboxylic acids is 1. The summed E-state index contributed by atoms with van der Waals surface area (Å²) in [6.45, 7) is 1.02. The van der Waals surface area contributed by atoms with Gasteiger partial charge in [0.1, 0.15) is 0 Å². The van der Waals surface area contributed by atoms with E-state index in [1.165, 1.54) is 5.32 Å². The van der Waals surface area contributed by atoms with Crippen LogP contribution in [0.1, 0.15) is 44.9 Å². The summed E-state index contributed by atoms with van der Waals surface area (Å²) in [4.78, 5) is 13.8. The van der Waals surface area contributed by atoms with Gasteiger partial charge < -0.3 is 10.1 Å². The van der Waals surface area contributed by atoms with Crippen molar-refractivity contribution < 1.29 is 35.9 Å². The number of halogens is 6. The van der Waals surface area contributed by atoms with Crippen molar-refractivity contribution in [3.63, 3.8) is 0 Å². The van der Waals surface area contributed by atoms with Gasteiger partial charge in [-0.2, -0.15) is 26.3 Å². The molecule has 0 unspecified atom stereocenters. The molecule has 1 saturated heterocycles. The first-order valence-electron chi connectivity index (χ1n) is 10.0. The zero-order valence-corrected chi connectivity index (χ0v) is 16.3. The standard InChI is InChI=1S/C18H29F6N3O2/c19-17(20,21)16(18(22,23)24,25-8-9-27-10-12-29-13-11-27)26-15(28)7-6-14-4-2-1-3-5-14/h14,25H,1-13H2,(H,26,28). The Morgan fingerprint density at radius 1 is 0.966 bits per heavy atom. The van der Waals surface area contributed by atoms with Crippen molar-refractivity contribution in [3.8, 4) is 0 Å². The summed E-state index contributed by atoms with van der Waals surface area (Å²) in [6, 6.07) is 0. The monoisotopic (exact) mass is 433 g/mol. The highest BCUT2D eigenvalue weighted by atomic mass is 19.4. The quantitative estimate of drug-likeness (QED) is 0.456. The molecular weight excluding hydrogens is 404 g/mol. The Balaban J connectivity index is 2.01. The van der Waals surface area contributed by atoms with E-state index in [-0.39, 0.29) is 18.9 Å². The second kappa shape index (κ2) is 10.3. The van der Waals surface area contributed by atoms with E-state index in [0.717, 1.165) is 32.1 Å². The molecule has 0 spiro atoms. The maximum Gasteiger partial charge on any atom is 0.434 e. The van der Waals surface area contributed by atoms with Gasteiger partial charge in [-0.05, 0) is 12.3 Å². The van der Waals surface area contributed by atoms with Crippen molar-refractivity contribution in [2.24, 2.45) is 5.92 Å². The van der Waals surface area contributed by atoms with Gasteiger partial charge in [-0.15, -0.1) is 0 Å². The molecule has 0 aromatic rings. The Bertz CT molecular complexity index is 501. The average Bonchev–Trinajstić information content (AvgIpc) is 2.65. The molecule has 2 rings (SSSR count). The molecule has 0 aromatic carbocycles. The van der Waals surface area contributed by atoms with Crippen LogP contribution in [0.3, 0.4) is 0 Å². The van der Waals surface area contributed by atoms with Crippen LogP contribution in [0.2, 0.25) is 0 Å². The zero-order valence-electron chi connectivity index (χ0n) is 16.3. The van der Waals surface area contributed by atoms with E-state index in [0.29, 0.717) is 32.7 Å². The Hall–Kier alpha value is -1.07. The van der Waals surface area contributed by atoms with Gasteiger partial charge >= 0.3 is 12.4 Å². The minimum Gasteiger partial charge on any atom is -0.379 e. The molecule has 0 bridgehead atoms. The molecule has 1 amide bonds. The molecule has 5 nitrogen and oxygen atoms in total. The van der Waals surface area contributed by atoms with Crippen LogP contribution in [0.5, 0.6) is 0 Å². The fraction of sp³-hybridized carbons (Fsp3) is 0.944. The number of hydrogen-bond donors (Lipinski definition) is 2. The molecule has 170 valence electrons. The average molecular weight is 433 g/mol. The molecule has 0 radical (unpaired) electrons. The van der Waals surface area contributed by atoms with Crippen molar-refractivity contribution in [1.29, 1.82) is 0 Å². The van der Waals surface area contributed by atoms with Crippen LogP contribution in [0.15, 0.2) is 0 Å². The number of amides is 1. The van der Waals surface area contributed by atoms with Crippen molar-refractivity contribution in [1.82, 2.24) is 15.5 Å². The molecule has 2 aliphatic rings. The van der Waals surface area contributed by atoms with Crippen molar-refractivity contribution in [2.75, 3.05) is 39.4 Å². The first-order chi connectivity index (χ1) is 13.6. The second-order valence-corrected chi connectivity index (χ2v) is 7.72. The van der Waals surface area contributed by atoms with Gasteiger partial charge in [0.15, 0.2) is 0 Å². The molecular formula is C18H29F6N3O2. The minimum absolute atomic E-state index is 0.0186. The van der Waals surface area contributed by atoms with Crippen LogP contribution < -0.4 is 10.6 Å². The Kier molecular flexibility index (Phi) is 8.59. The lowest BCUT2D eigenvalue weighted by atomic mass is 9.86. The summed E-state index contributed by atoms with van der Waals surface area (Å²) >= 11 is 0. The van der Waals surface area contributed by atoms with Gasteiger partial charge in [0.25, 0.3) is 5.66 Å². The molecule has 29 heavy (non-hydrogen) atoms. The molecule has 1 saturated carbocycles. The molecule has 1 heterocycles. The fourth-order valence-corrected chi connectivity index (χ4v) is 3.86. The third kappa shape index (κ3) is 6.71. The van der Waals surface area contributed by atoms with Gasteiger partial charge in [0.05, 0.1) is 13.2 Å². The molecule has 11 heteroatoms. The lowest BCUT2D eigenvalue weighted by molar-refractivity contribution is -0.316. The summed E-state index contributed by atoms with van der Waals surface area (Å²) in [5, 5.41) is 2.81. The number of rotatable bonds is 8. The van der Waals surface area contributed by atoms with Crippen molar-refractivity contribution >= 4 is 5.91 Å². The van der Waals surface area contributed by atoms with Crippen LogP contribution in [-0.4, -0.2) is 68.2 Å². The largest absolute Gasteiger partial charge is 0.434 e. The van der Waals surface area contributed by atoms with Gasteiger partial charge in [-0.25, -0.2) is 0 Å². The number of ether oxygens (including phenoxy) is 1. The van der Waals surface area contributed by atoms with Gasteiger partial charge in [-0.3, -0.25) is 15.0 Å². The minimum atomic E-state index is -5.74. The van der Waals surface area contributed by atoms with Crippen molar-refractivity contribution in [3.05, 3.63) is 0 Å². The normalized spacial score (nSPS) is 20.6. The highest BCUT2D eigenvalue weighted by Gasteiger charge is 2.71. The SMILES string of the molecule is O=C(CCC1CCCCC1)NC(NCCN1CCOCC1)(C(F)(F)F)C(F)(F)F. The van der Waals surface area contributed by atoms with Crippen LogP contribution in [0.25, 0.3) is 0 Å². The number of carbonyl (C=O) groups is 1. The summed E-state index contributed by atoms with van der Waals surface area (Å²) in [6.07, 6.45) is -6.80. The first-order valence-corrected chi connectivity index (χ1v) is 10.0. The highest BCUT2D eigenvalue weighted by Crippen LogP contribution is 2.41. The maximum atomic E-state index is 13.6. The highest BCUT2D eigenvalue weighted by molar-refractivity contribution is 5.77. The van der Waals surface area contributed by atoms with E-state index in [1.807, 2.05) is 0 Å². The predicted molar refractivity (Wildman–Crippen MR) is 94.1 cm³/mol. The third-order valence-corrected chi connectivity index (χ3v) is 5.60. The summed E-state index contributed by atoms with van der Waals surface area (Å²) < 4.78 is 86.5. The summed E-state index contributed by atoms with van der Waals surface area (Å²) in [5.74, 6) is -1.07. The number of nitrogens with zero attached hydrogens (tertiary/aromatic N) is 1. The number of nitrogens with one attached hydrogen (secondary N) is 2. The van der Waals surface area contributed by atoms with E-state index in [1.54, 1.807) is 10.2 Å². The predicted octanol–water partition coefficient (Wildman–Crippen LogP) is 3.21. The van der Waals surface area contributed by atoms with Crippen LogP contribution in [0.4, 0.5) is 26.3 Å². The van der Waals surface area contributed by atoms with E-state index in [4.69, 9.17) is 4.74 Å². The van der Waals surface area contributed by atoms with Gasteiger partial charge in [-0.1, -0.05) is 32.1 Å². The Morgan fingerprint density at radius 3 is 2.10 bits per heavy atom. The maximum absolute atomic E-state index is 13.6. The van der Waals surface area contributed by atoms with Gasteiger partial charge in [0, 0.05) is 32.6 Å². The zero-order chi connectivity index (χ0) is 21.5. The lowest BCUT2D eigenvalue weighted by Gasteiger charge is -2.39. The molecule has 0 atom stereocenters. The molecule has 0 aromatic heterocycles. The van der Waals surface area contributed by atoms with Crippen LogP contribution >= 0.6 is 0 Å². The molecule has 2 fully saturated rings. The number of hydrogen-bond acceptors (Lipinski definition) is 4. The lowest BCUT2D eigenvalue weighted by Crippen LogP contribution is -2.75. The third-order valence-electron chi connectivity index (χ3n) is 5.60. The Labute approximate surface area is 166 Å². The van der Waals surface area contributed by atoms with E-state index < -0.39 is 30.5 Å². The fourth-order valence-electron chi connectivity index (χ4n) is 3.86. The van der Waals surface area contributed by atoms with E-state index in [2.05, 4.69) is 0 Å². The summed E-state index contributed by atoms with van der Waals surface area (Å²) in [7, 11) is 0. The van der Waals surface area contributed by atoms with Crippen molar-refractivity contribution in [2.45, 2.75) is 63.0 Å². The molecule has 1 aliphatic heterocycles. The smallest absolute Gasteiger partial charge is 0.379 e.